The summed E-state index contributed by atoms with van der Waals surface area (Å²) in [7, 11) is 1.76. The van der Waals surface area contributed by atoms with Gasteiger partial charge < -0.3 is 5.41 Å². The summed E-state index contributed by atoms with van der Waals surface area (Å²) < 4.78 is 0. The molecule has 0 saturated heterocycles. The molecule has 0 aromatic heterocycles. The fourth-order valence-corrected chi connectivity index (χ4v) is 0.507. The lowest BCUT2D eigenvalue weighted by Gasteiger charge is -2.06. The van der Waals surface area contributed by atoms with Crippen LogP contribution in [0.2, 0.25) is 0 Å². The van der Waals surface area contributed by atoms with E-state index in [1.807, 2.05) is 13.8 Å². The molecule has 0 aliphatic rings. The van der Waals surface area contributed by atoms with Crippen molar-refractivity contribution in [3.05, 3.63) is 0 Å². The minimum atomic E-state index is 0.218. The zero-order valence-electron chi connectivity index (χ0n) is 6.52. The molecular formula is C7H14N2. The Morgan fingerprint density at radius 3 is 2.00 bits per heavy atom. The fraction of sp³-hybridized carbons (Fsp3) is 0.714. The summed E-state index contributed by atoms with van der Waals surface area (Å²) in [6.07, 6.45) is 0. The van der Waals surface area contributed by atoms with Crippen LogP contribution < -0.4 is 0 Å². The van der Waals surface area contributed by atoms with Crippen molar-refractivity contribution in [1.29, 1.82) is 5.41 Å². The van der Waals surface area contributed by atoms with Gasteiger partial charge in [-0.15, -0.1) is 0 Å². The van der Waals surface area contributed by atoms with Crippen LogP contribution in [0.4, 0.5) is 0 Å². The van der Waals surface area contributed by atoms with E-state index in [4.69, 9.17) is 5.41 Å². The van der Waals surface area contributed by atoms with Crippen molar-refractivity contribution in [3.63, 3.8) is 0 Å². The summed E-state index contributed by atoms with van der Waals surface area (Å²) >= 11 is 0. The Hall–Kier alpha value is -0.660. The van der Waals surface area contributed by atoms with E-state index in [1.165, 1.54) is 0 Å². The molecule has 0 fully saturated rings. The van der Waals surface area contributed by atoms with Gasteiger partial charge in [0, 0.05) is 24.4 Å². The van der Waals surface area contributed by atoms with Crippen molar-refractivity contribution in [3.8, 4) is 0 Å². The second kappa shape index (κ2) is 3.38. The molecule has 0 saturated carbocycles. The molecule has 1 N–H and O–H groups in total. The first-order chi connectivity index (χ1) is 4.09. The van der Waals surface area contributed by atoms with Gasteiger partial charge in [0.15, 0.2) is 0 Å². The molecule has 1 unspecified atom stereocenters. The Bertz CT molecular complexity index is 136. The SMILES string of the molecule is CN=C(C)C(C)C(C)=N. The highest BCUT2D eigenvalue weighted by Crippen LogP contribution is 1.98. The second-order valence-electron chi connectivity index (χ2n) is 2.27. The summed E-state index contributed by atoms with van der Waals surface area (Å²) in [5.74, 6) is 0.218. The third-order valence-electron chi connectivity index (χ3n) is 1.63. The van der Waals surface area contributed by atoms with Crippen LogP contribution in [0, 0.1) is 11.3 Å². The standard InChI is InChI=1S/C7H14N2/c1-5(6(2)8)7(3)9-4/h5,8H,1-4H3. The maximum absolute atomic E-state index is 7.25. The van der Waals surface area contributed by atoms with E-state index in [2.05, 4.69) is 4.99 Å². The van der Waals surface area contributed by atoms with Crippen LogP contribution in [-0.4, -0.2) is 18.5 Å². The van der Waals surface area contributed by atoms with Crippen molar-refractivity contribution in [2.75, 3.05) is 7.05 Å². The Morgan fingerprint density at radius 1 is 1.44 bits per heavy atom. The highest BCUT2D eigenvalue weighted by molar-refractivity contribution is 6.03. The van der Waals surface area contributed by atoms with Crippen molar-refractivity contribution in [2.45, 2.75) is 20.8 Å². The zero-order chi connectivity index (χ0) is 7.44. The summed E-state index contributed by atoms with van der Waals surface area (Å²) in [6.45, 7) is 5.74. The maximum Gasteiger partial charge on any atom is 0.0312 e. The zero-order valence-corrected chi connectivity index (χ0v) is 6.52. The van der Waals surface area contributed by atoms with Crippen LogP contribution in [0.5, 0.6) is 0 Å². The van der Waals surface area contributed by atoms with E-state index in [1.54, 1.807) is 14.0 Å². The van der Waals surface area contributed by atoms with Gasteiger partial charge in [-0.2, -0.15) is 0 Å². The molecule has 0 aromatic rings. The molecule has 0 rings (SSSR count). The van der Waals surface area contributed by atoms with Crippen LogP contribution in [0.15, 0.2) is 4.99 Å². The van der Waals surface area contributed by atoms with Crippen LogP contribution in [0.3, 0.4) is 0 Å². The van der Waals surface area contributed by atoms with Crippen LogP contribution in [0.25, 0.3) is 0 Å². The average Bonchev–Trinajstić information content (AvgIpc) is 1.84. The lowest BCUT2D eigenvalue weighted by molar-refractivity contribution is 1.02. The van der Waals surface area contributed by atoms with E-state index in [-0.39, 0.29) is 5.92 Å². The van der Waals surface area contributed by atoms with Crippen molar-refractivity contribution in [2.24, 2.45) is 10.9 Å². The lowest BCUT2D eigenvalue weighted by atomic mass is 10.0. The van der Waals surface area contributed by atoms with Gasteiger partial charge in [-0.1, -0.05) is 6.92 Å². The van der Waals surface area contributed by atoms with Crippen LogP contribution in [-0.2, 0) is 0 Å². The van der Waals surface area contributed by atoms with Crippen LogP contribution >= 0.6 is 0 Å². The van der Waals surface area contributed by atoms with Gasteiger partial charge in [-0.25, -0.2) is 0 Å². The molecule has 0 radical (unpaired) electrons. The molecule has 0 aromatic carbocycles. The second-order valence-corrected chi connectivity index (χ2v) is 2.27. The van der Waals surface area contributed by atoms with E-state index in [0.29, 0.717) is 5.71 Å². The monoisotopic (exact) mass is 126 g/mol. The quantitative estimate of drug-likeness (QED) is 0.547. The minimum Gasteiger partial charge on any atom is -0.309 e. The van der Waals surface area contributed by atoms with Gasteiger partial charge in [-0.05, 0) is 13.8 Å². The molecule has 2 nitrogen and oxygen atoms in total. The van der Waals surface area contributed by atoms with Gasteiger partial charge in [0.1, 0.15) is 0 Å². The highest BCUT2D eigenvalue weighted by Gasteiger charge is 2.05. The molecule has 0 heterocycles. The lowest BCUT2D eigenvalue weighted by Crippen LogP contribution is -2.14. The molecule has 9 heavy (non-hydrogen) atoms. The molecule has 0 aliphatic carbocycles. The van der Waals surface area contributed by atoms with Gasteiger partial charge >= 0.3 is 0 Å². The van der Waals surface area contributed by atoms with E-state index >= 15 is 0 Å². The summed E-state index contributed by atoms with van der Waals surface area (Å²) in [4.78, 5) is 3.99. The molecule has 52 valence electrons. The first kappa shape index (κ1) is 8.34. The van der Waals surface area contributed by atoms with Crippen molar-refractivity contribution in [1.82, 2.24) is 0 Å². The molecule has 0 bridgehead atoms. The van der Waals surface area contributed by atoms with E-state index in [0.717, 1.165) is 5.71 Å². The van der Waals surface area contributed by atoms with Crippen molar-refractivity contribution >= 4 is 11.4 Å². The molecule has 1 atom stereocenters. The van der Waals surface area contributed by atoms with E-state index < -0.39 is 0 Å². The Balaban J connectivity index is 4.04. The predicted octanol–water partition coefficient (Wildman–Crippen LogP) is 1.75. The largest absolute Gasteiger partial charge is 0.309 e. The first-order valence-electron chi connectivity index (χ1n) is 3.08. The number of nitrogens with zero attached hydrogens (tertiary/aromatic N) is 1. The van der Waals surface area contributed by atoms with Crippen molar-refractivity contribution < 1.29 is 0 Å². The first-order valence-corrected chi connectivity index (χ1v) is 3.08. The molecule has 0 spiro atoms. The average molecular weight is 126 g/mol. The summed E-state index contributed by atoms with van der Waals surface area (Å²) in [5.41, 5.74) is 1.71. The fourth-order valence-electron chi connectivity index (χ4n) is 0.507. The number of nitrogens with one attached hydrogen (secondary N) is 1. The smallest absolute Gasteiger partial charge is 0.0312 e. The molecule has 0 aliphatic heterocycles. The Kier molecular flexibility index (Phi) is 3.13. The molecule has 0 amide bonds. The number of rotatable bonds is 2. The topological polar surface area (TPSA) is 36.2 Å². The number of hydrogen-bond donors (Lipinski definition) is 1. The van der Waals surface area contributed by atoms with Gasteiger partial charge in [0.25, 0.3) is 0 Å². The van der Waals surface area contributed by atoms with Gasteiger partial charge in [0.2, 0.25) is 0 Å². The highest BCUT2D eigenvalue weighted by atomic mass is 14.7. The minimum absolute atomic E-state index is 0.218. The van der Waals surface area contributed by atoms with Gasteiger partial charge in [0.05, 0.1) is 0 Å². The van der Waals surface area contributed by atoms with E-state index in [9.17, 15) is 0 Å². The van der Waals surface area contributed by atoms with Gasteiger partial charge in [-0.3, -0.25) is 4.99 Å². The third kappa shape index (κ3) is 2.40. The maximum atomic E-state index is 7.25. The normalized spacial score (nSPS) is 15.3. The Morgan fingerprint density at radius 2 is 1.89 bits per heavy atom. The molecular weight excluding hydrogens is 112 g/mol. The molecule has 2 heteroatoms. The summed E-state index contributed by atoms with van der Waals surface area (Å²) in [5, 5.41) is 7.25. The number of hydrogen-bond acceptors (Lipinski definition) is 2. The number of aliphatic imine (C=N–C) groups is 1. The predicted molar refractivity (Wildman–Crippen MR) is 41.6 cm³/mol. The Labute approximate surface area is 56.5 Å². The summed E-state index contributed by atoms with van der Waals surface area (Å²) in [6, 6.07) is 0. The third-order valence-corrected chi connectivity index (χ3v) is 1.63. The van der Waals surface area contributed by atoms with Crippen LogP contribution in [0.1, 0.15) is 20.8 Å².